The Morgan fingerprint density at radius 2 is 1.81 bits per heavy atom. The summed E-state index contributed by atoms with van der Waals surface area (Å²) in [5, 5.41) is 8.89. The van der Waals surface area contributed by atoms with Crippen LogP contribution in [0.4, 0.5) is 0 Å². The summed E-state index contributed by atoms with van der Waals surface area (Å²) in [5.41, 5.74) is 0.970. The van der Waals surface area contributed by atoms with E-state index in [0.717, 1.165) is 37.0 Å². The van der Waals surface area contributed by atoms with Crippen LogP contribution >= 0.6 is 0 Å². The summed E-state index contributed by atoms with van der Waals surface area (Å²) in [5.74, 6) is 0.928. The molecule has 0 N–H and O–H groups in total. The molecular weight excluding hydrogens is 338 g/mol. The van der Waals surface area contributed by atoms with Crippen LogP contribution in [0, 0.1) is 17.2 Å². The van der Waals surface area contributed by atoms with Crippen LogP contribution in [-0.2, 0) is 9.53 Å². The third-order valence-electron chi connectivity index (χ3n) is 5.40. The van der Waals surface area contributed by atoms with E-state index in [2.05, 4.69) is 6.07 Å². The molecule has 0 heterocycles. The van der Waals surface area contributed by atoms with Crippen LogP contribution in [0.2, 0.25) is 0 Å². The first kappa shape index (κ1) is 21.4. The van der Waals surface area contributed by atoms with Crippen molar-refractivity contribution in [3.8, 4) is 11.8 Å². The number of hydrogen-bond donors (Lipinski definition) is 0. The summed E-state index contributed by atoms with van der Waals surface area (Å²) in [7, 11) is 1.64. The van der Waals surface area contributed by atoms with E-state index >= 15 is 0 Å². The Hall–Kier alpha value is -1.86. The lowest BCUT2D eigenvalue weighted by Gasteiger charge is -2.27. The molecule has 0 saturated heterocycles. The fourth-order valence-corrected chi connectivity index (χ4v) is 3.89. The number of hydrogen-bond acceptors (Lipinski definition) is 4. The molecule has 4 nitrogen and oxygen atoms in total. The Labute approximate surface area is 163 Å². The van der Waals surface area contributed by atoms with E-state index in [-0.39, 0.29) is 12.0 Å². The Morgan fingerprint density at radius 3 is 2.52 bits per heavy atom. The van der Waals surface area contributed by atoms with Crippen LogP contribution in [0.25, 0.3) is 0 Å². The summed E-state index contributed by atoms with van der Waals surface area (Å²) < 4.78 is 11.5. The van der Waals surface area contributed by atoms with Crippen molar-refractivity contribution in [3.63, 3.8) is 0 Å². The molecule has 0 bridgehead atoms. The van der Waals surface area contributed by atoms with Gasteiger partial charge in [0, 0.05) is 12.3 Å². The van der Waals surface area contributed by atoms with E-state index in [1.807, 2.05) is 24.3 Å². The summed E-state index contributed by atoms with van der Waals surface area (Å²) in [6, 6.07) is 9.93. The Kier molecular flexibility index (Phi) is 9.94. The topological polar surface area (TPSA) is 59.3 Å². The van der Waals surface area contributed by atoms with Gasteiger partial charge in [-0.15, -0.1) is 0 Å². The fraction of sp³-hybridized carbons (Fsp3) is 0.652. The van der Waals surface area contributed by atoms with Gasteiger partial charge in [0.2, 0.25) is 0 Å². The van der Waals surface area contributed by atoms with Crippen molar-refractivity contribution in [1.29, 1.82) is 5.26 Å². The average molecular weight is 372 g/mol. The number of Topliss-reactive ketones (excluding diaryl/α,β-unsaturated/α-hetero) is 1. The van der Waals surface area contributed by atoms with E-state index in [1.165, 1.54) is 32.1 Å². The predicted octanol–water partition coefficient (Wildman–Crippen LogP) is 5.77. The zero-order valence-electron chi connectivity index (χ0n) is 16.6. The van der Waals surface area contributed by atoms with Gasteiger partial charge in [0.15, 0.2) is 0 Å². The van der Waals surface area contributed by atoms with Gasteiger partial charge >= 0.3 is 0 Å². The highest BCUT2D eigenvalue weighted by Gasteiger charge is 2.30. The molecule has 1 aliphatic carbocycles. The molecule has 1 aliphatic rings. The third-order valence-corrected chi connectivity index (χ3v) is 5.40. The summed E-state index contributed by atoms with van der Waals surface area (Å²) in [6.45, 7) is 0.349. The molecule has 1 fully saturated rings. The molecule has 1 aromatic rings. The summed E-state index contributed by atoms with van der Waals surface area (Å²) in [4.78, 5) is 13.1. The molecule has 27 heavy (non-hydrogen) atoms. The van der Waals surface area contributed by atoms with Crippen molar-refractivity contribution in [1.82, 2.24) is 0 Å². The van der Waals surface area contributed by atoms with Gasteiger partial charge in [0.05, 0.1) is 32.3 Å². The van der Waals surface area contributed by atoms with E-state index in [4.69, 9.17) is 14.7 Å². The average Bonchev–Trinajstić information content (AvgIpc) is 2.69. The summed E-state index contributed by atoms with van der Waals surface area (Å²) >= 11 is 0. The molecule has 2 atom stereocenters. The number of ether oxygens (including phenoxy) is 2. The van der Waals surface area contributed by atoms with Gasteiger partial charge in [-0.2, -0.15) is 5.26 Å². The smallest absolute Gasteiger partial charge is 0.138 e. The number of carbonyl (C=O) groups is 1. The molecule has 0 aromatic heterocycles. The molecule has 0 spiro atoms. The first-order valence-electron chi connectivity index (χ1n) is 10.4. The predicted molar refractivity (Wildman–Crippen MR) is 107 cm³/mol. The summed E-state index contributed by atoms with van der Waals surface area (Å²) in [6.07, 6.45) is 10.9. The van der Waals surface area contributed by atoms with Crippen molar-refractivity contribution < 1.29 is 14.3 Å². The molecular formula is C23H33NO3. The lowest BCUT2D eigenvalue weighted by molar-refractivity contribution is -0.129. The monoisotopic (exact) mass is 371 g/mol. The molecule has 4 heteroatoms. The minimum Gasteiger partial charge on any atom is -0.497 e. The second kappa shape index (κ2) is 12.5. The molecule has 0 aliphatic heterocycles. The second-order valence-corrected chi connectivity index (χ2v) is 7.42. The van der Waals surface area contributed by atoms with Crippen LogP contribution < -0.4 is 4.74 Å². The minimum absolute atomic E-state index is 0.143. The van der Waals surface area contributed by atoms with Crippen LogP contribution in [-0.4, -0.2) is 19.5 Å². The lowest BCUT2D eigenvalue weighted by atomic mass is 9.84. The number of rotatable bonds is 6. The number of carbonyl (C=O) groups excluding carboxylic acids is 1. The maximum atomic E-state index is 13.1. The number of nitrogens with zero attached hydrogens (tertiary/aromatic N) is 1. The van der Waals surface area contributed by atoms with Gasteiger partial charge in [-0.1, -0.05) is 57.1 Å². The number of methoxy groups -OCH3 is 1. The zero-order chi connectivity index (χ0) is 19.3. The third kappa shape index (κ3) is 7.34. The first-order valence-corrected chi connectivity index (χ1v) is 10.4. The van der Waals surface area contributed by atoms with Crippen LogP contribution in [0.1, 0.15) is 82.3 Å². The van der Waals surface area contributed by atoms with Crippen molar-refractivity contribution in [2.45, 2.75) is 76.7 Å². The van der Waals surface area contributed by atoms with Gasteiger partial charge in [-0.25, -0.2) is 0 Å². The van der Waals surface area contributed by atoms with E-state index < -0.39 is 0 Å². The Morgan fingerprint density at radius 1 is 1.11 bits per heavy atom. The van der Waals surface area contributed by atoms with E-state index in [1.54, 1.807) is 7.11 Å². The van der Waals surface area contributed by atoms with Crippen LogP contribution in [0.15, 0.2) is 24.3 Å². The highest BCUT2D eigenvalue weighted by atomic mass is 16.5. The van der Waals surface area contributed by atoms with E-state index in [9.17, 15) is 4.79 Å². The van der Waals surface area contributed by atoms with Crippen molar-refractivity contribution in [2.75, 3.05) is 13.7 Å². The van der Waals surface area contributed by atoms with Gasteiger partial charge < -0.3 is 9.47 Å². The van der Waals surface area contributed by atoms with Gasteiger partial charge in [-0.3, -0.25) is 4.79 Å². The number of nitriles is 1. The minimum atomic E-state index is -0.302. The van der Waals surface area contributed by atoms with Crippen molar-refractivity contribution in [2.24, 2.45) is 5.92 Å². The maximum Gasteiger partial charge on any atom is 0.138 e. The maximum absolute atomic E-state index is 13.1. The van der Waals surface area contributed by atoms with Gasteiger partial charge in [0.25, 0.3) is 0 Å². The molecule has 0 unspecified atom stereocenters. The SMILES string of the molecule is COc1cccc([C@@H](OCCC#N)[C@H]2CCCCCCCCCCC2=O)c1. The van der Waals surface area contributed by atoms with Crippen LogP contribution in [0.3, 0.4) is 0 Å². The van der Waals surface area contributed by atoms with Crippen LogP contribution in [0.5, 0.6) is 5.75 Å². The molecule has 0 radical (unpaired) electrons. The first-order chi connectivity index (χ1) is 13.3. The van der Waals surface area contributed by atoms with Gasteiger partial charge in [0.1, 0.15) is 11.5 Å². The second-order valence-electron chi connectivity index (χ2n) is 7.42. The molecule has 2 rings (SSSR count). The van der Waals surface area contributed by atoms with Crippen molar-refractivity contribution in [3.05, 3.63) is 29.8 Å². The van der Waals surface area contributed by atoms with E-state index in [0.29, 0.717) is 25.2 Å². The highest BCUT2D eigenvalue weighted by molar-refractivity contribution is 5.81. The number of ketones is 1. The molecule has 0 amide bonds. The highest BCUT2D eigenvalue weighted by Crippen LogP contribution is 2.34. The molecule has 1 aromatic carbocycles. The van der Waals surface area contributed by atoms with Gasteiger partial charge in [-0.05, 0) is 30.5 Å². The molecule has 148 valence electrons. The Balaban J connectivity index is 2.21. The normalized spacial score (nSPS) is 20.7. The number of benzene rings is 1. The fourth-order valence-electron chi connectivity index (χ4n) is 3.89. The Bertz CT molecular complexity index is 608. The molecule has 1 saturated carbocycles. The lowest BCUT2D eigenvalue weighted by Crippen LogP contribution is -2.25. The van der Waals surface area contributed by atoms with Crippen molar-refractivity contribution >= 4 is 5.78 Å². The standard InChI is InChI=1S/C23H33NO3/c1-26-20-13-10-12-19(18-20)23(27-17-11-16-24)21-14-8-6-4-2-3-5-7-9-15-22(21)25/h10,12-13,18,21,23H,2-9,11,14-15,17H2,1H3/t21-,23+/m0/s1. The quantitative estimate of drug-likeness (QED) is 0.596. The largest absolute Gasteiger partial charge is 0.497 e. The zero-order valence-corrected chi connectivity index (χ0v) is 16.6.